The Morgan fingerprint density at radius 3 is 1.96 bits per heavy atom. The fourth-order valence-corrected chi connectivity index (χ4v) is 6.86. The Morgan fingerprint density at radius 2 is 1.42 bits per heavy atom. The number of ether oxygens (including phenoxy) is 2. The van der Waals surface area contributed by atoms with Gasteiger partial charge in [0.05, 0.1) is 47.9 Å². The van der Waals surface area contributed by atoms with Gasteiger partial charge in [-0.05, 0) is 72.0 Å². The first-order chi connectivity index (χ1) is 26.1. The van der Waals surface area contributed by atoms with Gasteiger partial charge in [-0.1, -0.05) is 48.5 Å². The molecule has 5 rings (SSSR count). The lowest BCUT2D eigenvalue weighted by Crippen LogP contribution is -2.28. The normalized spacial score (nSPS) is 16.7. The van der Waals surface area contributed by atoms with E-state index in [1.165, 1.54) is 24.4 Å². The van der Waals surface area contributed by atoms with Crippen LogP contribution in [0.3, 0.4) is 0 Å². The molecule has 294 valence electrons. The number of nitro groups is 1. The summed E-state index contributed by atoms with van der Waals surface area (Å²) < 4.78 is 63.8. The molecule has 2 aliphatic rings. The molecule has 3 heterocycles. The molecule has 3 aromatic rings. The maximum atomic E-state index is 13.9. The summed E-state index contributed by atoms with van der Waals surface area (Å²) in [7, 11) is -7.09. The topological polar surface area (TPSA) is 204 Å². The van der Waals surface area contributed by atoms with E-state index in [-0.39, 0.29) is 30.1 Å². The number of carbonyl (C=O) groups excluding carboxylic acids is 2. The summed E-state index contributed by atoms with van der Waals surface area (Å²) in [5.74, 6) is -3.50. The van der Waals surface area contributed by atoms with E-state index >= 15 is 0 Å². The van der Waals surface area contributed by atoms with Crippen molar-refractivity contribution in [1.82, 2.24) is 9.80 Å². The Labute approximate surface area is 319 Å². The van der Waals surface area contributed by atoms with Gasteiger partial charge in [-0.15, -0.1) is 0 Å². The minimum atomic E-state index is -3.55. The van der Waals surface area contributed by atoms with Crippen LogP contribution in [0.4, 0.5) is 5.88 Å². The van der Waals surface area contributed by atoms with Gasteiger partial charge in [0.2, 0.25) is 0 Å². The van der Waals surface area contributed by atoms with Gasteiger partial charge in [0.15, 0.2) is 19.7 Å². The lowest BCUT2D eigenvalue weighted by molar-refractivity contribution is -0.402. The molecule has 1 aromatic heterocycles. The first kappa shape index (κ1) is 41.1. The summed E-state index contributed by atoms with van der Waals surface area (Å²) >= 11 is 0. The molecule has 0 aliphatic carbocycles. The predicted octanol–water partition coefficient (Wildman–Crippen LogP) is 3.90. The average molecular weight is 798 g/mol. The number of benzene rings is 2. The van der Waals surface area contributed by atoms with E-state index in [1.54, 1.807) is 29.2 Å². The second kappa shape index (κ2) is 18.0. The fourth-order valence-electron chi connectivity index (χ4n) is 6.08. The Kier molecular flexibility index (Phi) is 13.5. The van der Waals surface area contributed by atoms with Crippen LogP contribution in [0.15, 0.2) is 94.6 Å². The summed E-state index contributed by atoms with van der Waals surface area (Å²) in [5.41, 5.74) is 2.73. The largest absolute Gasteiger partial charge is 0.461 e. The van der Waals surface area contributed by atoms with E-state index in [0.717, 1.165) is 56.1 Å². The summed E-state index contributed by atoms with van der Waals surface area (Å²) in [6.07, 6.45) is 8.79. The Morgan fingerprint density at radius 1 is 0.836 bits per heavy atom. The fraction of sp³-hybridized carbons (Fsp3) is 0.368. The molecule has 1 unspecified atom stereocenters. The first-order valence-corrected chi connectivity index (χ1v) is 21.6. The highest BCUT2D eigenvalue weighted by molar-refractivity contribution is 7.90. The highest BCUT2D eigenvalue weighted by Crippen LogP contribution is 2.35. The Bertz CT molecular complexity index is 2180. The molecule has 0 amide bonds. The van der Waals surface area contributed by atoms with Crippen LogP contribution in [0.1, 0.15) is 46.9 Å². The smallest absolute Gasteiger partial charge is 0.433 e. The monoisotopic (exact) mass is 797 g/mol. The number of furan rings is 1. The standard InChI is InChI=1S/C38H43N3O12S2/c1-54(47,48)19-17-51-37(43)33-21-31(29-9-7-28(26-42)8-10-29)22-35(30-11-5-27(6-12-30)23-39-15-3-4-16-39)40(24-32-13-14-36(53-32)41(45)46)25-34(33)38(44)52-18-20-55(2,49)50/h5-14,21-22,25,35,42H,3-4,15-20,23-24,26H2,1-2H3. The van der Waals surface area contributed by atoms with Gasteiger partial charge < -0.3 is 23.9 Å². The summed E-state index contributed by atoms with van der Waals surface area (Å²) in [6.45, 7) is 1.33. The van der Waals surface area contributed by atoms with Crippen LogP contribution in [-0.4, -0.2) is 98.9 Å². The van der Waals surface area contributed by atoms with Crippen molar-refractivity contribution in [2.24, 2.45) is 0 Å². The van der Waals surface area contributed by atoms with E-state index < -0.39 is 73.2 Å². The first-order valence-electron chi connectivity index (χ1n) is 17.4. The highest BCUT2D eigenvalue weighted by atomic mass is 32.2. The number of allylic oxidation sites excluding steroid dienone is 2. The van der Waals surface area contributed by atoms with Crippen LogP contribution >= 0.6 is 0 Å². The number of carbonyl (C=O) groups is 2. The van der Waals surface area contributed by atoms with Crippen LogP contribution in [0.25, 0.3) is 5.57 Å². The van der Waals surface area contributed by atoms with Crippen molar-refractivity contribution in [2.45, 2.75) is 38.6 Å². The molecule has 0 saturated carbocycles. The van der Waals surface area contributed by atoms with Crippen molar-refractivity contribution >= 4 is 43.1 Å². The van der Waals surface area contributed by atoms with Gasteiger partial charge in [0.1, 0.15) is 23.9 Å². The van der Waals surface area contributed by atoms with Gasteiger partial charge in [0, 0.05) is 25.3 Å². The van der Waals surface area contributed by atoms with Crippen molar-refractivity contribution in [3.8, 4) is 0 Å². The second-order valence-corrected chi connectivity index (χ2v) is 18.0. The number of likely N-dealkylation sites (tertiary alicyclic amines) is 1. The molecule has 0 radical (unpaired) electrons. The maximum Gasteiger partial charge on any atom is 0.433 e. The van der Waals surface area contributed by atoms with Crippen molar-refractivity contribution < 1.29 is 50.3 Å². The van der Waals surface area contributed by atoms with Gasteiger partial charge in [-0.2, -0.15) is 0 Å². The number of rotatable bonds is 16. The van der Waals surface area contributed by atoms with E-state index in [4.69, 9.17) is 13.9 Å². The Balaban J connectivity index is 1.69. The number of esters is 2. The molecular formula is C38H43N3O12S2. The molecule has 17 heteroatoms. The van der Waals surface area contributed by atoms with Gasteiger partial charge in [0.25, 0.3) is 0 Å². The molecular weight excluding hydrogens is 755 g/mol. The van der Waals surface area contributed by atoms with E-state index in [0.29, 0.717) is 16.7 Å². The van der Waals surface area contributed by atoms with E-state index in [9.17, 15) is 41.6 Å². The zero-order chi connectivity index (χ0) is 39.8. The van der Waals surface area contributed by atoms with Crippen LogP contribution in [0.5, 0.6) is 0 Å². The molecule has 0 spiro atoms. The van der Waals surface area contributed by atoms with Gasteiger partial charge in [-0.25, -0.2) is 26.4 Å². The number of aliphatic hydroxyl groups excluding tert-OH is 1. The second-order valence-electron chi connectivity index (χ2n) is 13.4. The number of nitrogens with zero attached hydrogens (tertiary/aromatic N) is 3. The zero-order valence-corrected chi connectivity index (χ0v) is 32.1. The summed E-state index contributed by atoms with van der Waals surface area (Å²) in [5, 5.41) is 21.2. The van der Waals surface area contributed by atoms with Gasteiger partial charge in [-0.3, -0.25) is 15.0 Å². The van der Waals surface area contributed by atoms with Crippen LogP contribution in [0, 0.1) is 10.1 Å². The third kappa shape index (κ3) is 11.9. The molecule has 1 fully saturated rings. The SMILES string of the molecule is CS(=O)(=O)CCOC(=O)C1=CC(c2ccc(CO)cc2)=CC(c2ccc(CN3CCCC3)cc2)N(Cc2ccc([N+](=O)[O-])o2)C=C1C(=O)OCCS(C)(=O)=O. The van der Waals surface area contributed by atoms with Crippen LogP contribution in [-0.2, 0) is 58.4 Å². The maximum absolute atomic E-state index is 13.9. The zero-order valence-electron chi connectivity index (χ0n) is 30.5. The molecule has 2 aliphatic heterocycles. The number of hydrogen-bond acceptors (Lipinski definition) is 14. The molecule has 2 aromatic carbocycles. The average Bonchev–Trinajstić information content (AvgIpc) is 3.82. The number of hydrogen-bond donors (Lipinski definition) is 1. The predicted molar refractivity (Wildman–Crippen MR) is 202 cm³/mol. The van der Waals surface area contributed by atoms with E-state index in [1.807, 2.05) is 30.3 Å². The third-order valence-corrected chi connectivity index (χ3v) is 10.8. The molecule has 1 saturated heterocycles. The minimum absolute atomic E-state index is 0.146. The molecule has 55 heavy (non-hydrogen) atoms. The van der Waals surface area contributed by atoms with Gasteiger partial charge >= 0.3 is 17.8 Å². The highest BCUT2D eigenvalue weighted by Gasteiger charge is 2.31. The molecule has 15 nitrogen and oxygen atoms in total. The molecule has 1 atom stereocenters. The lowest BCUT2D eigenvalue weighted by Gasteiger charge is -2.31. The minimum Gasteiger partial charge on any atom is -0.461 e. The summed E-state index contributed by atoms with van der Waals surface area (Å²) in [6, 6.07) is 16.6. The Hall–Kier alpha value is -5.10. The third-order valence-electron chi connectivity index (χ3n) is 8.96. The quantitative estimate of drug-likeness (QED) is 0.124. The lowest BCUT2D eigenvalue weighted by atomic mass is 9.92. The van der Waals surface area contributed by atoms with Crippen molar-refractivity contribution in [3.63, 3.8) is 0 Å². The van der Waals surface area contributed by atoms with Crippen molar-refractivity contribution in [2.75, 3.05) is 50.3 Å². The summed E-state index contributed by atoms with van der Waals surface area (Å²) in [4.78, 5) is 42.6. The number of sulfone groups is 2. The van der Waals surface area contributed by atoms with Crippen LogP contribution in [0.2, 0.25) is 0 Å². The molecule has 0 bridgehead atoms. The van der Waals surface area contributed by atoms with Crippen molar-refractivity contribution in [1.29, 1.82) is 0 Å². The van der Waals surface area contributed by atoms with E-state index in [2.05, 4.69) is 4.90 Å². The van der Waals surface area contributed by atoms with Crippen LogP contribution < -0.4 is 0 Å². The molecule has 1 N–H and O–H groups in total. The number of aliphatic hydroxyl groups is 1. The van der Waals surface area contributed by atoms with Crippen molar-refractivity contribution in [3.05, 3.63) is 128 Å².